The highest BCUT2D eigenvalue weighted by atomic mass is 16.6. The van der Waals surface area contributed by atoms with Crippen LogP contribution in [0.1, 0.15) is 252 Å². The molecule has 0 fully saturated rings. The summed E-state index contributed by atoms with van der Waals surface area (Å²) in [5, 5.41) is 0. The third kappa shape index (κ3) is 50.0. The van der Waals surface area contributed by atoms with Gasteiger partial charge in [-0.3, -0.25) is 9.59 Å². The largest absolute Gasteiger partial charge is 0.462 e. The zero-order valence-corrected chi connectivity index (χ0v) is 41.1. The van der Waals surface area contributed by atoms with Gasteiger partial charge >= 0.3 is 11.9 Å². The molecule has 358 valence electrons. The molecule has 0 aromatic heterocycles. The second-order valence-electron chi connectivity index (χ2n) is 17.4. The molecular formula is C57H100O5. The number of hydrogen-bond donors (Lipinski definition) is 0. The summed E-state index contributed by atoms with van der Waals surface area (Å²) in [7, 11) is 0. The number of hydrogen-bond acceptors (Lipinski definition) is 5. The van der Waals surface area contributed by atoms with Crippen molar-refractivity contribution in [3.05, 3.63) is 72.9 Å². The number of ether oxygens (including phenoxy) is 3. The molecule has 0 aliphatic heterocycles. The molecule has 0 aromatic carbocycles. The molecule has 0 aliphatic rings. The molecule has 62 heavy (non-hydrogen) atoms. The van der Waals surface area contributed by atoms with Gasteiger partial charge < -0.3 is 14.2 Å². The first-order valence-electron chi connectivity index (χ1n) is 26.5. The predicted octanol–water partition coefficient (Wildman–Crippen LogP) is 17.9. The van der Waals surface area contributed by atoms with Crippen LogP contribution in [0.3, 0.4) is 0 Å². The maximum absolute atomic E-state index is 12.8. The van der Waals surface area contributed by atoms with E-state index in [9.17, 15) is 9.59 Å². The van der Waals surface area contributed by atoms with Crippen LogP contribution in [-0.4, -0.2) is 37.9 Å². The Morgan fingerprint density at radius 3 is 1.16 bits per heavy atom. The van der Waals surface area contributed by atoms with E-state index in [1.807, 2.05) is 0 Å². The normalized spacial score (nSPS) is 12.8. The third-order valence-electron chi connectivity index (χ3n) is 11.2. The maximum atomic E-state index is 12.8. The Kier molecular flexibility index (Phi) is 50.4. The van der Waals surface area contributed by atoms with Crippen LogP contribution in [0.5, 0.6) is 0 Å². The lowest BCUT2D eigenvalue weighted by Gasteiger charge is -2.18. The molecule has 0 amide bonds. The van der Waals surface area contributed by atoms with Crippen LogP contribution in [-0.2, 0) is 23.8 Å². The fourth-order valence-corrected chi connectivity index (χ4v) is 7.36. The molecule has 0 spiro atoms. The van der Waals surface area contributed by atoms with E-state index < -0.39 is 6.10 Å². The third-order valence-corrected chi connectivity index (χ3v) is 11.2. The maximum Gasteiger partial charge on any atom is 0.306 e. The van der Waals surface area contributed by atoms with Crippen LogP contribution in [0.25, 0.3) is 0 Å². The van der Waals surface area contributed by atoms with Crippen molar-refractivity contribution >= 4 is 11.9 Å². The van der Waals surface area contributed by atoms with Crippen molar-refractivity contribution in [2.75, 3.05) is 19.8 Å². The highest BCUT2D eigenvalue weighted by molar-refractivity contribution is 5.70. The minimum atomic E-state index is -0.545. The molecule has 0 N–H and O–H groups in total. The van der Waals surface area contributed by atoms with Crippen molar-refractivity contribution < 1.29 is 23.8 Å². The van der Waals surface area contributed by atoms with Gasteiger partial charge in [0.2, 0.25) is 0 Å². The first-order chi connectivity index (χ1) is 30.6. The molecule has 0 heterocycles. The molecule has 0 aliphatic carbocycles. The lowest BCUT2D eigenvalue weighted by molar-refractivity contribution is -0.163. The Labute approximate surface area is 385 Å². The molecule has 1 atom stereocenters. The molecular weight excluding hydrogens is 765 g/mol. The number of allylic oxidation sites excluding steroid dienone is 12. The van der Waals surface area contributed by atoms with Crippen LogP contribution in [0.15, 0.2) is 72.9 Å². The highest BCUT2D eigenvalue weighted by Gasteiger charge is 2.17. The van der Waals surface area contributed by atoms with Gasteiger partial charge in [-0.15, -0.1) is 0 Å². The Hall–Kier alpha value is -2.66. The van der Waals surface area contributed by atoms with Crippen LogP contribution in [0.4, 0.5) is 0 Å². The van der Waals surface area contributed by atoms with Crippen molar-refractivity contribution in [1.82, 2.24) is 0 Å². The zero-order chi connectivity index (χ0) is 44.9. The molecule has 0 saturated heterocycles. The van der Waals surface area contributed by atoms with Gasteiger partial charge in [0.25, 0.3) is 0 Å². The molecule has 0 radical (unpaired) electrons. The second-order valence-corrected chi connectivity index (χ2v) is 17.4. The molecule has 5 nitrogen and oxygen atoms in total. The Morgan fingerprint density at radius 1 is 0.371 bits per heavy atom. The zero-order valence-electron chi connectivity index (χ0n) is 41.1. The number of rotatable bonds is 48. The SMILES string of the molecule is CC/C=C\C/C=C\C/C=C\CCCCCCCCCC(=O)OCC(COCCCCCCCCCCCCCC)OC(=O)CCCCCCCCC/C=C\C/C=C\C/C=C\CC. The van der Waals surface area contributed by atoms with E-state index in [0.29, 0.717) is 19.4 Å². The number of unbranched alkanes of at least 4 members (excludes halogenated alkanes) is 25. The first kappa shape index (κ1) is 59.3. The summed E-state index contributed by atoms with van der Waals surface area (Å²) in [6.45, 7) is 7.61. The van der Waals surface area contributed by atoms with Crippen LogP contribution < -0.4 is 0 Å². The lowest BCUT2D eigenvalue weighted by atomic mass is 10.1. The van der Waals surface area contributed by atoms with E-state index in [1.54, 1.807) is 0 Å². The van der Waals surface area contributed by atoms with E-state index in [2.05, 4.69) is 93.7 Å². The Bertz CT molecular complexity index is 1110. The second kappa shape index (κ2) is 52.7. The predicted molar refractivity (Wildman–Crippen MR) is 270 cm³/mol. The van der Waals surface area contributed by atoms with Gasteiger partial charge in [0.1, 0.15) is 6.61 Å². The summed E-state index contributed by atoms with van der Waals surface area (Å²) in [4.78, 5) is 25.4. The summed E-state index contributed by atoms with van der Waals surface area (Å²) < 4.78 is 17.4. The van der Waals surface area contributed by atoms with Crippen LogP contribution in [0, 0.1) is 0 Å². The Balaban J connectivity index is 4.27. The van der Waals surface area contributed by atoms with Gasteiger partial charge in [-0.25, -0.2) is 0 Å². The standard InChI is InChI=1S/C57H100O5/c1-4-7-10-13-16-19-22-25-27-29-31-33-35-38-41-44-47-50-56(58)61-54-55(53-60-52-49-46-43-40-37-24-21-18-15-12-9-6-3)62-57(59)51-48-45-42-39-36-34-32-30-28-26-23-20-17-14-11-8-5-2/h7-8,10-11,16-17,19-20,25-28,55H,4-6,9,12-15,18,21-24,29-54H2,1-3H3/b10-7-,11-8-,19-16-,20-17-,27-25-,28-26-. The number of esters is 2. The van der Waals surface area contributed by atoms with E-state index in [1.165, 1.54) is 116 Å². The topological polar surface area (TPSA) is 61.8 Å². The summed E-state index contributed by atoms with van der Waals surface area (Å²) in [5.74, 6) is -0.413. The summed E-state index contributed by atoms with van der Waals surface area (Å²) in [6.07, 6.45) is 67.6. The average molecular weight is 865 g/mol. The average Bonchev–Trinajstić information content (AvgIpc) is 3.27. The molecule has 5 heteroatoms. The van der Waals surface area contributed by atoms with Crippen molar-refractivity contribution in [2.24, 2.45) is 0 Å². The number of carbonyl (C=O) groups excluding carboxylic acids is 2. The fourth-order valence-electron chi connectivity index (χ4n) is 7.36. The number of carbonyl (C=O) groups is 2. The summed E-state index contributed by atoms with van der Waals surface area (Å²) in [6, 6.07) is 0. The smallest absolute Gasteiger partial charge is 0.306 e. The van der Waals surface area contributed by atoms with E-state index >= 15 is 0 Å². The van der Waals surface area contributed by atoms with Crippen LogP contribution >= 0.6 is 0 Å². The van der Waals surface area contributed by atoms with Crippen molar-refractivity contribution in [2.45, 2.75) is 258 Å². The van der Waals surface area contributed by atoms with E-state index in [0.717, 1.165) is 103 Å². The van der Waals surface area contributed by atoms with Crippen molar-refractivity contribution in [3.8, 4) is 0 Å². The van der Waals surface area contributed by atoms with Gasteiger partial charge in [0.05, 0.1) is 6.61 Å². The molecule has 1 unspecified atom stereocenters. The fraction of sp³-hybridized carbons (Fsp3) is 0.754. The van der Waals surface area contributed by atoms with Crippen molar-refractivity contribution in [3.63, 3.8) is 0 Å². The summed E-state index contributed by atoms with van der Waals surface area (Å²) in [5.41, 5.74) is 0. The Morgan fingerprint density at radius 2 is 0.726 bits per heavy atom. The van der Waals surface area contributed by atoms with E-state index in [4.69, 9.17) is 14.2 Å². The lowest BCUT2D eigenvalue weighted by Crippen LogP contribution is -2.30. The first-order valence-corrected chi connectivity index (χ1v) is 26.5. The van der Waals surface area contributed by atoms with Crippen LogP contribution in [0.2, 0.25) is 0 Å². The van der Waals surface area contributed by atoms with Gasteiger partial charge in [-0.1, -0.05) is 229 Å². The van der Waals surface area contributed by atoms with Gasteiger partial charge in [-0.05, 0) is 83.5 Å². The van der Waals surface area contributed by atoms with Crippen molar-refractivity contribution in [1.29, 1.82) is 0 Å². The molecule has 0 saturated carbocycles. The monoisotopic (exact) mass is 865 g/mol. The molecule has 0 rings (SSSR count). The quantitative estimate of drug-likeness (QED) is 0.0346. The molecule has 0 bridgehead atoms. The van der Waals surface area contributed by atoms with Gasteiger partial charge in [0.15, 0.2) is 6.10 Å². The minimum absolute atomic E-state index is 0.0760. The van der Waals surface area contributed by atoms with E-state index in [-0.39, 0.29) is 25.2 Å². The minimum Gasteiger partial charge on any atom is -0.462 e. The summed E-state index contributed by atoms with van der Waals surface area (Å²) >= 11 is 0. The van der Waals surface area contributed by atoms with Gasteiger partial charge in [0, 0.05) is 19.4 Å². The highest BCUT2D eigenvalue weighted by Crippen LogP contribution is 2.15. The van der Waals surface area contributed by atoms with Gasteiger partial charge in [-0.2, -0.15) is 0 Å². The molecule has 0 aromatic rings.